The third-order valence-electron chi connectivity index (χ3n) is 22.6. The lowest BCUT2D eigenvalue weighted by atomic mass is 9.84. The Balaban J connectivity index is 1.39. The number of aliphatic hydroxyl groups excluding tert-OH is 2. The first-order valence-corrected chi connectivity index (χ1v) is 44.4. The zero-order valence-corrected chi connectivity index (χ0v) is 75.3. The van der Waals surface area contributed by atoms with Crippen molar-refractivity contribution in [3.8, 4) is 0 Å². The van der Waals surface area contributed by atoms with Gasteiger partial charge in [-0.2, -0.15) is 0 Å². The van der Waals surface area contributed by atoms with Gasteiger partial charge in [0, 0.05) is 76.6 Å². The fourth-order valence-corrected chi connectivity index (χ4v) is 15.7. The van der Waals surface area contributed by atoms with Gasteiger partial charge in [-0.3, -0.25) is 103 Å². The first-order chi connectivity index (χ1) is 61.9. The molecule has 0 aromatic carbocycles. The maximum atomic E-state index is 15.2. The van der Waals surface area contributed by atoms with Crippen LogP contribution in [0.25, 0.3) is 0 Å². The van der Waals surface area contributed by atoms with Crippen molar-refractivity contribution in [2.45, 2.75) is 299 Å². The first-order valence-electron chi connectivity index (χ1n) is 44.4. The molecule has 34 N–H and O–H groups in total. The number of primary amides is 3. The van der Waals surface area contributed by atoms with Gasteiger partial charge < -0.3 is 140 Å². The number of carbonyl (C=O) groups excluding carboxylic acids is 17. The second-order valence-electron chi connectivity index (χ2n) is 34.5. The van der Waals surface area contributed by atoms with Crippen LogP contribution in [0.15, 0.2) is 37.1 Å². The number of aliphatic hydroxyl groups is 2. The van der Waals surface area contributed by atoms with E-state index >= 15 is 14.4 Å². The number of H-pyrrole nitrogens is 1. The number of nitrogens with zero attached hydrogens (tertiary/aromatic N) is 3. The molecule has 3 aliphatic rings. The summed E-state index contributed by atoms with van der Waals surface area (Å²) in [7, 11) is 0. The summed E-state index contributed by atoms with van der Waals surface area (Å²) in [6.07, 6.45) is 9.72. The van der Waals surface area contributed by atoms with E-state index in [2.05, 4.69) is 100 Å². The largest absolute Gasteiger partial charge is 0.394 e. The van der Waals surface area contributed by atoms with Crippen LogP contribution >= 0.6 is 0 Å². The number of aromatic amines is 1. The Morgan fingerprint density at radius 3 is 1.38 bits per heavy atom. The molecule has 48 heteroatoms. The topological polar surface area (TPSA) is 796 Å². The van der Waals surface area contributed by atoms with Crippen LogP contribution in [0.2, 0.25) is 0 Å². The zero-order valence-electron chi connectivity index (χ0n) is 75.3. The summed E-state index contributed by atoms with van der Waals surface area (Å²) in [5, 5.41) is 85.4. The van der Waals surface area contributed by atoms with Gasteiger partial charge >= 0.3 is 0 Å². The summed E-state index contributed by atoms with van der Waals surface area (Å²) in [6.45, 7) is 7.40. The number of hydrogen-bond acceptors (Lipinski definition) is 24. The van der Waals surface area contributed by atoms with E-state index in [1.807, 2.05) is 0 Å². The highest BCUT2D eigenvalue weighted by molar-refractivity contribution is 6.02. The normalized spacial score (nSPS) is 17.0. The molecule has 3 fully saturated rings. The van der Waals surface area contributed by atoms with E-state index in [0.29, 0.717) is 30.5 Å². The second kappa shape index (κ2) is 55.2. The quantitative estimate of drug-likeness (QED) is 0.0166. The first kappa shape index (κ1) is 109. The molecule has 1 saturated heterocycles. The molecule has 14 atom stereocenters. The van der Waals surface area contributed by atoms with Crippen molar-refractivity contribution in [1.29, 1.82) is 16.2 Å². The minimum Gasteiger partial charge on any atom is -0.394 e. The molecule has 3 heterocycles. The van der Waals surface area contributed by atoms with Crippen LogP contribution < -0.4 is 119 Å². The minimum absolute atomic E-state index is 0.00434. The lowest BCUT2D eigenvalue weighted by molar-refractivity contribution is -0.143. The molecule has 2 saturated carbocycles. The molecule has 728 valence electrons. The Morgan fingerprint density at radius 1 is 0.489 bits per heavy atom. The fraction of sp³-hybridized carbons (Fsp3) is 0.663. The standard InChI is InChI=1S/C83H137N29O19/c1-44(2)35-56(75(127)111-83(5,6)79(131)110-65(45(3)114)77(129)103-53(23-15-31-97-82(91)92)67(119)101-54(25-26-63(84)116)70(122)100-51(21-13-29-95-80(87)88)68(120)104-55(66(86)118)36-47-17-9-7-10-18-47)105-74(126)60(40-64(85)117)109-72(124)58(38-49-27-32-93-33-28-49)106-71(123)57(37-48-19-11-8-12-20-48)107-73(125)59(39-50-41-94-43-98-50)108-69(121)52(22-14-30-96-81(89)90)102-76(128)62-24-16-34-112(62)78(130)61(42-113)99-46(4)115/h27-28,32-33,41,43-45,47-48,51-62,65,113-114H,7-26,29-31,34-40,42H2,1-6H3,(H2,84,116)(H2,85,117)(H2,86,118)(H,94,98)(H,99,115)(H,100,122)(H,101,119)(H,102,128)(H,103,129)(H,104,120)(H,105,126)(H,106,123)(H,107,125)(H,108,121)(H,109,124)(H,110,131)(H,111,127)(H4,87,88,95)(H4,89,90,96)(H4,91,92,97)/t45-,51+,52+,53+,54+,55+,56+,57+,58+,59+,60+,61+,62-,65+/m1/s1. The second-order valence-corrected chi connectivity index (χ2v) is 34.5. The van der Waals surface area contributed by atoms with Crippen molar-refractivity contribution in [1.82, 2.24) is 105 Å². The van der Waals surface area contributed by atoms with Crippen LogP contribution in [0.1, 0.15) is 207 Å². The SMILES string of the molecule is CC(=O)N[C@@H](CO)C(=O)N1CCC[C@@H]1C(=O)N[C@@H](CCCNC(=N)N)C(=O)N[C@@H](Cc1cnc[nH]1)C(=O)N[C@@H](CC1CCCCC1)C(=O)N[C@@H](Cc1ccncc1)C(=O)N[C@@H](CC(N)=O)C(=O)N[C@@H](CC(C)C)C(=O)NC(C)(C)C(=O)N[C@H](C(=O)N[C@@H](CCCNC(=N)N)C(=O)N[C@@H](CCC(N)=O)C(=O)N[C@@H](CCCNC(=N)N)C(=O)N[C@@H](CC1CCCCC1)C(N)=O)[C@@H](C)O. The summed E-state index contributed by atoms with van der Waals surface area (Å²) < 4.78 is 0. The summed E-state index contributed by atoms with van der Waals surface area (Å²) in [4.78, 5) is 252. The number of imidazole rings is 1. The van der Waals surface area contributed by atoms with E-state index in [9.17, 15) is 77.3 Å². The Bertz CT molecular complexity index is 4220. The predicted molar refractivity (Wildman–Crippen MR) is 476 cm³/mol. The maximum absolute atomic E-state index is 15.2. The van der Waals surface area contributed by atoms with Crippen molar-refractivity contribution in [3.63, 3.8) is 0 Å². The van der Waals surface area contributed by atoms with Gasteiger partial charge in [0.25, 0.3) is 0 Å². The number of nitrogens with two attached hydrogens (primary N) is 6. The Kier molecular flexibility index (Phi) is 45.8. The van der Waals surface area contributed by atoms with Crippen LogP contribution in [0, 0.1) is 34.0 Å². The Hall–Kier alpha value is -12.9. The van der Waals surface area contributed by atoms with Gasteiger partial charge in [0.15, 0.2) is 17.9 Å². The predicted octanol–water partition coefficient (Wildman–Crippen LogP) is -6.91. The third kappa shape index (κ3) is 39.1. The molecule has 2 aromatic rings. The number of carbonyl (C=O) groups is 17. The van der Waals surface area contributed by atoms with Crippen molar-refractivity contribution >= 4 is 118 Å². The summed E-state index contributed by atoms with van der Waals surface area (Å²) in [5.74, 6) is -17.9. The lowest BCUT2D eigenvalue weighted by Crippen LogP contribution is -2.65. The van der Waals surface area contributed by atoms with Gasteiger partial charge in [-0.05, 0) is 133 Å². The summed E-state index contributed by atoms with van der Waals surface area (Å²) in [5.41, 5.74) is 32.2. The number of nitrogens with one attached hydrogen (secondary N) is 20. The number of hydrogen-bond donors (Lipinski definition) is 28. The van der Waals surface area contributed by atoms with Crippen LogP contribution in [0.4, 0.5) is 0 Å². The average Bonchev–Trinajstić information content (AvgIpc) is 1.57. The van der Waals surface area contributed by atoms with E-state index in [0.717, 1.165) is 65.2 Å². The van der Waals surface area contributed by atoms with Crippen LogP contribution in [0.3, 0.4) is 0 Å². The van der Waals surface area contributed by atoms with E-state index in [-0.39, 0.29) is 127 Å². The molecular formula is C83H137N29O19. The summed E-state index contributed by atoms with van der Waals surface area (Å²) in [6, 6.07) is -16.8. The monoisotopic (exact) mass is 1840 g/mol. The van der Waals surface area contributed by atoms with Gasteiger partial charge in [0.1, 0.15) is 84.1 Å². The number of pyridine rings is 1. The molecule has 0 radical (unpaired) electrons. The van der Waals surface area contributed by atoms with Crippen molar-refractivity contribution in [3.05, 3.63) is 48.3 Å². The third-order valence-corrected chi connectivity index (χ3v) is 22.6. The lowest BCUT2D eigenvalue weighted by Gasteiger charge is -2.32. The smallest absolute Gasteiger partial charge is 0.248 e. The number of aromatic nitrogens is 3. The van der Waals surface area contributed by atoms with E-state index in [1.165, 1.54) is 55.8 Å². The average molecular weight is 1850 g/mol. The molecule has 2 aromatic heterocycles. The molecule has 0 unspecified atom stereocenters. The minimum atomic E-state index is -2.07. The molecule has 131 heavy (non-hydrogen) atoms. The number of amides is 17. The van der Waals surface area contributed by atoms with Crippen molar-refractivity contribution < 1.29 is 91.7 Å². The molecule has 5 rings (SSSR count). The summed E-state index contributed by atoms with van der Waals surface area (Å²) >= 11 is 0. The highest BCUT2D eigenvalue weighted by atomic mass is 16.3. The molecule has 0 spiro atoms. The van der Waals surface area contributed by atoms with Crippen molar-refractivity contribution in [2.24, 2.45) is 52.2 Å². The molecule has 1 aliphatic heterocycles. The molecule has 17 amide bonds. The Labute approximate surface area is 759 Å². The molecule has 2 aliphatic carbocycles. The van der Waals surface area contributed by atoms with Crippen molar-refractivity contribution in [2.75, 3.05) is 32.8 Å². The van der Waals surface area contributed by atoms with Gasteiger partial charge in [-0.1, -0.05) is 78.1 Å². The van der Waals surface area contributed by atoms with Gasteiger partial charge in [0.05, 0.1) is 25.5 Å². The molecule has 0 bridgehead atoms. The van der Waals surface area contributed by atoms with E-state index in [4.69, 9.17) is 50.6 Å². The highest BCUT2D eigenvalue weighted by Crippen LogP contribution is 2.30. The molecular weight excluding hydrogens is 1710 g/mol. The fourth-order valence-electron chi connectivity index (χ4n) is 15.7. The number of rotatable bonds is 56. The maximum Gasteiger partial charge on any atom is 0.248 e. The van der Waals surface area contributed by atoms with E-state index in [1.54, 1.807) is 13.8 Å². The number of guanidine groups is 3. The van der Waals surface area contributed by atoms with Crippen LogP contribution in [-0.4, -0.2) is 271 Å². The van der Waals surface area contributed by atoms with Gasteiger partial charge in [-0.25, -0.2) is 4.98 Å². The zero-order chi connectivity index (χ0) is 97.2. The van der Waals surface area contributed by atoms with Crippen LogP contribution in [0.5, 0.6) is 0 Å². The number of likely N-dealkylation sites (tertiary alicyclic amines) is 1. The molecule has 48 nitrogen and oxygen atoms in total. The van der Waals surface area contributed by atoms with Gasteiger partial charge in [0.2, 0.25) is 100 Å². The van der Waals surface area contributed by atoms with E-state index < -0.39 is 228 Å². The highest BCUT2D eigenvalue weighted by Gasteiger charge is 2.43. The van der Waals surface area contributed by atoms with Gasteiger partial charge in [-0.15, -0.1) is 0 Å². The van der Waals surface area contributed by atoms with Crippen LogP contribution in [-0.2, 0) is 94.3 Å². The Morgan fingerprint density at radius 2 is 0.924 bits per heavy atom.